The van der Waals surface area contributed by atoms with Crippen molar-refractivity contribution in [3.63, 3.8) is 0 Å². The zero-order valence-corrected chi connectivity index (χ0v) is 13.8. The number of rotatable bonds is 4. The molecule has 124 valence electrons. The highest BCUT2D eigenvalue weighted by atomic mass is 32.2. The monoisotopic (exact) mass is 351 g/mol. The molecule has 7 nitrogen and oxygen atoms in total. The molecule has 0 aliphatic rings. The van der Waals surface area contributed by atoms with Crippen molar-refractivity contribution in [3.05, 3.63) is 73.2 Å². The Labute approximate surface area is 144 Å². The molecule has 0 amide bonds. The highest BCUT2D eigenvalue weighted by molar-refractivity contribution is 7.92. The van der Waals surface area contributed by atoms with Crippen LogP contribution in [-0.2, 0) is 10.0 Å². The molecule has 0 radical (unpaired) electrons. The van der Waals surface area contributed by atoms with Crippen LogP contribution in [-0.4, -0.2) is 28.0 Å². The smallest absolute Gasteiger partial charge is 0.247 e. The highest BCUT2D eigenvalue weighted by Crippen LogP contribution is 2.23. The number of hydrogen-bond donors (Lipinski definition) is 1. The third kappa shape index (κ3) is 2.94. The summed E-state index contributed by atoms with van der Waals surface area (Å²) in [5.74, 6) is 0.0108. The number of hydrogen-bond acceptors (Lipinski definition) is 5. The Hall–Kier alpha value is -3.26. The SMILES string of the molecule is O=S(=O)(Nc1nccc(-c2cnn3ccccc23)n1)c1ccccc1. The van der Waals surface area contributed by atoms with Gasteiger partial charge in [0.1, 0.15) is 0 Å². The first-order valence-electron chi connectivity index (χ1n) is 7.47. The van der Waals surface area contributed by atoms with Gasteiger partial charge in [-0.2, -0.15) is 5.10 Å². The van der Waals surface area contributed by atoms with Crippen molar-refractivity contribution in [2.45, 2.75) is 4.90 Å². The predicted octanol–water partition coefficient (Wildman–Crippen LogP) is 2.59. The van der Waals surface area contributed by atoms with Gasteiger partial charge in [-0.1, -0.05) is 24.3 Å². The molecule has 0 atom stereocenters. The lowest BCUT2D eigenvalue weighted by molar-refractivity contribution is 0.601. The molecule has 0 aliphatic carbocycles. The van der Waals surface area contributed by atoms with E-state index < -0.39 is 10.0 Å². The van der Waals surface area contributed by atoms with E-state index in [1.54, 1.807) is 35.0 Å². The summed E-state index contributed by atoms with van der Waals surface area (Å²) < 4.78 is 28.9. The molecule has 8 heteroatoms. The molecule has 0 spiro atoms. The zero-order chi connectivity index (χ0) is 17.3. The topological polar surface area (TPSA) is 89.2 Å². The molecule has 0 saturated heterocycles. The molecule has 0 fully saturated rings. The molecule has 0 unspecified atom stereocenters. The maximum absolute atomic E-state index is 12.4. The first kappa shape index (κ1) is 15.3. The lowest BCUT2D eigenvalue weighted by Crippen LogP contribution is -2.15. The summed E-state index contributed by atoms with van der Waals surface area (Å²) >= 11 is 0. The molecule has 1 aromatic carbocycles. The summed E-state index contributed by atoms with van der Waals surface area (Å²) in [5.41, 5.74) is 2.25. The third-order valence-electron chi connectivity index (χ3n) is 3.64. The Morgan fingerprint density at radius 1 is 0.960 bits per heavy atom. The van der Waals surface area contributed by atoms with Gasteiger partial charge in [0, 0.05) is 18.0 Å². The van der Waals surface area contributed by atoms with Gasteiger partial charge in [0.2, 0.25) is 5.95 Å². The summed E-state index contributed by atoms with van der Waals surface area (Å²) in [7, 11) is -3.74. The largest absolute Gasteiger partial charge is 0.264 e. The number of anilines is 1. The van der Waals surface area contributed by atoms with Gasteiger partial charge in [-0.25, -0.2) is 27.6 Å². The van der Waals surface area contributed by atoms with Crippen molar-refractivity contribution < 1.29 is 8.42 Å². The first-order valence-corrected chi connectivity index (χ1v) is 8.95. The summed E-state index contributed by atoms with van der Waals surface area (Å²) in [6.45, 7) is 0. The summed E-state index contributed by atoms with van der Waals surface area (Å²) in [5, 5.41) is 4.26. The van der Waals surface area contributed by atoms with Crippen LogP contribution in [0.25, 0.3) is 16.8 Å². The van der Waals surface area contributed by atoms with Crippen LogP contribution in [0.4, 0.5) is 5.95 Å². The Balaban J connectivity index is 1.71. The van der Waals surface area contributed by atoms with Gasteiger partial charge >= 0.3 is 0 Å². The lowest BCUT2D eigenvalue weighted by Gasteiger charge is -2.07. The minimum atomic E-state index is -3.74. The third-order valence-corrected chi connectivity index (χ3v) is 4.98. The molecule has 1 N–H and O–H groups in total. The van der Waals surface area contributed by atoms with Crippen LogP contribution in [0.5, 0.6) is 0 Å². The van der Waals surface area contributed by atoms with Crippen LogP contribution >= 0.6 is 0 Å². The minimum absolute atomic E-state index is 0.0108. The minimum Gasteiger partial charge on any atom is -0.247 e. The quantitative estimate of drug-likeness (QED) is 0.610. The van der Waals surface area contributed by atoms with Crippen LogP contribution in [0.1, 0.15) is 0 Å². The van der Waals surface area contributed by atoms with Gasteiger partial charge in [0.15, 0.2) is 0 Å². The second-order valence-corrected chi connectivity index (χ2v) is 6.96. The van der Waals surface area contributed by atoms with Crippen LogP contribution in [0.3, 0.4) is 0 Å². The fraction of sp³-hybridized carbons (Fsp3) is 0. The molecule has 0 bridgehead atoms. The van der Waals surface area contributed by atoms with Crippen molar-refractivity contribution in [1.82, 2.24) is 19.6 Å². The van der Waals surface area contributed by atoms with Crippen molar-refractivity contribution >= 4 is 21.5 Å². The van der Waals surface area contributed by atoms with Gasteiger partial charge < -0.3 is 0 Å². The van der Waals surface area contributed by atoms with E-state index in [4.69, 9.17) is 0 Å². The number of nitrogens with zero attached hydrogens (tertiary/aromatic N) is 4. The zero-order valence-electron chi connectivity index (χ0n) is 12.9. The number of pyridine rings is 1. The molecule has 0 aliphatic heterocycles. The van der Waals surface area contributed by atoms with Gasteiger partial charge in [-0.15, -0.1) is 0 Å². The molecule has 4 rings (SSSR count). The van der Waals surface area contributed by atoms with E-state index in [1.165, 1.54) is 18.3 Å². The normalized spacial score (nSPS) is 11.5. The second-order valence-electron chi connectivity index (χ2n) is 5.27. The fourth-order valence-electron chi connectivity index (χ4n) is 2.47. The summed E-state index contributed by atoms with van der Waals surface area (Å²) in [6.07, 6.45) is 5.03. The van der Waals surface area contributed by atoms with E-state index in [0.29, 0.717) is 5.69 Å². The van der Waals surface area contributed by atoms with E-state index in [1.807, 2.05) is 24.4 Å². The molecule has 0 saturated carbocycles. The Morgan fingerprint density at radius 3 is 2.60 bits per heavy atom. The molecular weight excluding hydrogens is 338 g/mol. The van der Waals surface area contributed by atoms with Gasteiger partial charge in [0.05, 0.1) is 22.3 Å². The Bertz CT molecular complexity index is 1140. The van der Waals surface area contributed by atoms with Crippen LogP contribution in [0, 0.1) is 0 Å². The lowest BCUT2D eigenvalue weighted by atomic mass is 10.2. The fourth-order valence-corrected chi connectivity index (χ4v) is 3.44. The molecule has 25 heavy (non-hydrogen) atoms. The molecular formula is C17H13N5O2S. The number of sulfonamides is 1. The van der Waals surface area contributed by atoms with Crippen LogP contribution in [0.15, 0.2) is 78.1 Å². The predicted molar refractivity (Wildman–Crippen MR) is 93.5 cm³/mol. The van der Waals surface area contributed by atoms with Crippen molar-refractivity contribution in [2.24, 2.45) is 0 Å². The summed E-state index contributed by atoms with van der Waals surface area (Å²) in [4.78, 5) is 8.49. The molecule has 4 aromatic rings. The number of nitrogens with one attached hydrogen (secondary N) is 1. The number of aromatic nitrogens is 4. The van der Waals surface area contributed by atoms with E-state index in [-0.39, 0.29) is 10.8 Å². The summed E-state index contributed by atoms with van der Waals surface area (Å²) in [6, 6.07) is 15.5. The maximum Gasteiger partial charge on any atom is 0.264 e. The maximum atomic E-state index is 12.4. The molecule has 3 heterocycles. The van der Waals surface area contributed by atoms with E-state index in [0.717, 1.165) is 11.1 Å². The van der Waals surface area contributed by atoms with E-state index >= 15 is 0 Å². The molecule has 3 aromatic heterocycles. The van der Waals surface area contributed by atoms with Crippen LogP contribution < -0.4 is 4.72 Å². The average Bonchev–Trinajstić information content (AvgIpc) is 3.06. The van der Waals surface area contributed by atoms with E-state index in [9.17, 15) is 8.42 Å². The van der Waals surface area contributed by atoms with Crippen molar-refractivity contribution in [1.29, 1.82) is 0 Å². The number of fused-ring (bicyclic) bond motifs is 1. The van der Waals surface area contributed by atoms with Gasteiger partial charge in [-0.3, -0.25) is 0 Å². The van der Waals surface area contributed by atoms with E-state index in [2.05, 4.69) is 19.8 Å². The first-order chi connectivity index (χ1) is 12.1. The van der Waals surface area contributed by atoms with Crippen LogP contribution in [0.2, 0.25) is 0 Å². The average molecular weight is 351 g/mol. The second kappa shape index (κ2) is 5.99. The van der Waals surface area contributed by atoms with Crippen molar-refractivity contribution in [3.8, 4) is 11.3 Å². The standard InChI is InChI=1S/C17H13N5O2S/c23-25(24,13-6-2-1-3-7-13)21-17-18-10-9-15(20-17)14-12-19-22-11-5-4-8-16(14)22/h1-12H,(H,18,20,21). The Morgan fingerprint density at radius 2 is 1.76 bits per heavy atom. The number of benzene rings is 1. The highest BCUT2D eigenvalue weighted by Gasteiger charge is 2.16. The Kier molecular flexibility index (Phi) is 3.66. The van der Waals surface area contributed by atoms with Crippen molar-refractivity contribution in [2.75, 3.05) is 4.72 Å². The van der Waals surface area contributed by atoms with Gasteiger partial charge in [0.25, 0.3) is 10.0 Å². The van der Waals surface area contributed by atoms with Gasteiger partial charge in [-0.05, 0) is 30.3 Å².